The van der Waals surface area contributed by atoms with Crippen LogP contribution in [-0.4, -0.2) is 48.2 Å². The van der Waals surface area contributed by atoms with Gasteiger partial charge in [-0.05, 0) is 18.6 Å². The molecule has 8 heteroatoms. The van der Waals surface area contributed by atoms with E-state index in [0.29, 0.717) is 13.0 Å². The van der Waals surface area contributed by atoms with Crippen LogP contribution in [0.1, 0.15) is 6.42 Å². The van der Waals surface area contributed by atoms with Gasteiger partial charge in [-0.25, -0.2) is 13.6 Å². The number of hydrogen-bond acceptors (Lipinski definition) is 3. The SMILES string of the molecule is O=C(O)C1CCN(C(=O)NCCOc2ccc(F)c(F)c2)C1. The number of carboxylic acid groups (broad SMARTS) is 1. The summed E-state index contributed by atoms with van der Waals surface area (Å²) >= 11 is 0. The quantitative estimate of drug-likeness (QED) is 0.807. The fourth-order valence-corrected chi connectivity index (χ4v) is 2.15. The van der Waals surface area contributed by atoms with Gasteiger partial charge in [0.15, 0.2) is 11.6 Å². The molecule has 2 rings (SSSR count). The van der Waals surface area contributed by atoms with Gasteiger partial charge >= 0.3 is 12.0 Å². The molecule has 1 aliphatic rings. The molecule has 1 aromatic rings. The predicted molar refractivity (Wildman–Crippen MR) is 72.6 cm³/mol. The molecule has 0 radical (unpaired) electrons. The maximum Gasteiger partial charge on any atom is 0.317 e. The minimum atomic E-state index is -1.00. The number of rotatable bonds is 5. The Kier molecular flexibility index (Phi) is 5.13. The summed E-state index contributed by atoms with van der Waals surface area (Å²) in [6.45, 7) is 0.844. The number of nitrogens with one attached hydrogen (secondary N) is 1. The van der Waals surface area contributed by atoms with E-state index < -0.39 is 23.5 Å². The maximum atomic E-state index is 12.9. The lowest BCUT2D eigenvalue weighted by atomic mass is 10.1. The normalized spacial score (nSPS) is 17.4. The Labute approximate surface area is 125 Å². The summed E-state index contributed by atoms with van der Waals surface area (Å²) in [5.74, 6) is -3.22. The number of carbonyl (C=O) groups is 2. The molecular weight excluding hydrogens is 298 g/mol. The first-order valence-electron chi connectivity index (χ1n) is 6.81. The first kappa shape index (κ1) is 16.0. The van der Waals surface area contributed by atoms with Crippen molar-refractivity contribution >= 4 is 12.0 Å². The van der Waals surface area contributed by atoms with Crippen LogP contribution in [0, 0.1) is 17.6 Å². The van der Waals surface area contributed by atoms with Crippen molar-refractivity contribution in [1.29, 1.82) is 0 Å². The molecule has 22 heavy (non-hydrogen) atoms. The molecule has 120 valence electrons. The highest BCUT2D eigenvalue weighted by Gasteiger charge is 2.30. The molecular formula is C14H16F2N2O4. The fraction of sp³-hybridized carbons (Fsp3) is 0.429. The van der Waals surface area contributed by atoms with Crippen LogP contribution in [0.15, 0.2) is 18.2 Å². The average molecular weight is 314 g/mol. The molecule has 2 N–H and O–H groups in total. The second kappa shape index (κ2) is 7.06. The summed E-state index contributed by atoms with van der Waals surface area (Å²) in [6.07, 6.45) is 0.439. The van der Waals surface area contributed by atoms with E-state index in [1.165, 1.54) is 11.0 Å². The summed E-state index contributed by atoms with van der Waals surface area (Å²) in [6, 6.07) is 2.81. The lowest BCUT2D eigenvalue weighted by Crippen LogP contribution is -2.40. The van der Waals surface area contributed by atoms with Crippen LogP contribution in [0.3, 0.4) is 0 Å². The van der Waals surface area contributed by atoms with Crippen LogP contribution in [0.5, 0.6) is 5.75 Å². The number of urea groups is 1. The number of carboxylic acids is 1. The van der Waals surface area contributed by atoms with Crippen molar-refractivity contribution in [1.82, 2.24) is 10.2 Å². The lowest BCUT2D eigenvalue weighted by Gasteiger charge is -2.16. The molecule has 1 saturated heterocycles. The van der Waals surface area contributed by atoms with Crippen molar-refractivity contribution in [2.24, 2.45) is 5.92 Å². The zero-order chi connectivity index (χ0) is 16.1. The first-order valence-corrected chi connectivity index (χ1v) is 6.81. The number of hydrogen-bond donors (Lipinski definition) is 2. The Morgan fingerprint density at radius 2 is 2.14 bits per heavy atom. The highest BCUT2D eigenvalue weighted by molar-refractivity contribution is 5.77. The Balaban J connectivity index is 1.69. The number of benzene rings is 1. The van der Waals surface area contributed by atoms with Crippen molar-refractivity contribution in [2.75, 3.05) is 26.2 Å². The van der Waals surface area contributed by atoms with Gasteiger partial charge in [-0.3, -0.25) is 4.79 Å². The van der Waals surface area contributed by atoms with E-state index in [0.717, 1.165) is 12.1 Å². The van der Waals surface area contributed by atoms with E-state index in [4.69, 9.17) is 9.84 Å². The zero-order valence-electron chi connectivity index (χ0n) is 11.7. The second-order valence-electron chi connectivity index (χ2n) is 4.93. The molecule has 0 saturated carbocycles. The van der Waals surface area contributed by atoms with Crippen LogP contribution >= 0.6 is 0 Å². The molecule has 1 aliphatic heterocycles. The molecule has 1 atom stereocenters. The van der Waals surface area contributed by atoms with Crippen molar-refractivity contribution in [3.8, 4) is 5.75 Å². The summed E-state index contributed by atoms with van der Waals surface area (Å²) in [7, 11) is 0. The molecule has 1 aromatic carbocycles. The number of ether oxygens (including phenoxy) is 1. The van der Waals surface area contributed by atoms with E-state index in [9.17, 15) is 18.4 Å². The van der Waals surface area contributed by atoms with Crippen LogP contribution in [0.4, 0.5) is 13.6 Å². The molecule has 0 bridgehead atoms. The van der Waals surface area contributed by atoms with Gasteiger partial charge in [-0.1, -0.05) is 0 Å². The highest BCUT2D eigenvalue weighted by atomic mass is 19.2. The van der Waals surface area contributed by atoms with Gasteiger partial charge in [-0.15, -0.1) is 0 Å². The number of nitrogens with zero attached hydrogens (tertiary/aromatic N) is 1. The summed E-state index contributed by atoms with van der Waals surface area (Å²) in [4.78, 5) is 24.0. The van der Waals surface area contributed by atoms with Crippen molar-refractivity contribution in [2.45, 2.75) is 6.42 Å². The van der Waals surface area contributed by atoms with Gasteiger partial charge in [-0.2, -0.15) is 0 Å². The number of halogens is 2. The first-order chi connectivity index (χ1) is 10.5. The van der Waals surface area contributed by atoms with Crippen LogP contribution in [0.25, 0.3) is 0 Å². The number of aliphatic carboxylic acids is 1. The fourth-order valence-electron chi connectivity index (χ4n) is 2.15. The maximum absolute atomic E-state index is 12.9. The van der Waals surface area contributed by atoms with Gasteiger partial charge < -0.3 is 20.1 Å². The minimum absolute atomic E-state index is 0.0903. The van der Waals surface area contributed by atoms with Gasteiger partial charge in [0.05, 0.1) is 12.5 Å². The third-order valence-corrected chi connectivity index (χ3v) is 3.36. The monoisotopic (exact) mass is 314 g/mol. The van der Waals surface area contributed by atoms with Crippen LogP contribution < -0.4 is 10.1 Å². The summed E-state index contributed by atoms with van der Waals surface area (Å²) < 4.78 is 30.8. The van der Waals surface area contributed by atoms with Gasteiger partial charge in [0, 0.05) is 19.2 Å². The topological polar surface area (TPSA) is 78.9 Å². The standard InChI is InChI=1S/C14H16F2N2O4/c15-11-2-1-10(7-12(11)16)22-6-4-17-14(21)18-5-3-9(8-18)13(19)20/h1-2,7,9H,3-6,8H2,(H,17,21)(H,19,20). The number of likely N-dealkylation sites (tertiary alicyclic amines) is 1. The molecule has 1 fully saturated rings. The van der Waals surface area contributed by atoms with E-state index in [1.54, 1.807) is 0 Å². The molecule has 0 spiro atoms. The van der Waals surface area contributed by atoms with Gasteiger partial charge in [0.25, 0.3) is 0 Å². The smallest absolute Gasteiger partial charge is 0.317 e. The van der Waals surface area contributed by atoms with Crippen molar-refractivity contribution in [3.05, 3.63) is 29.8 Å². The molecule has 0 aromatic heterocycles. The van der Waals surface area contributed by atoms with Gasteiger partial charge in [0.2, 0.25) is 0 Å². The van der Waals surface area contributed by atoms with Crippen molar-refractivity contribution < 1.29 is 28.2 Å². The molecule has 1 heterocycles. The van der Waals surface area contributed by atoms with E-state index in [2.05, 4.69) is 5.32 Å². The minimum Gasteiger partial charge on any atom is -0.492 e. The van der Waals surface area contributed by atoms with E-state index in [-0.39, 0.29) is 31.5 Å². The zero-order valence-corrected chi connectivity index (χ0v) is 11.7. The van der Waals surface area contributed by atoms with Gasteiger partial charge in [0.1, 0.15) is 12.4 Å². The molecule has 2 amide bonds. The highest BCUT2D eigenvalue weighted by Crippen LogP contribution is 2.16. The Morgan fingerprint density at radius 1 is 1.36 bits per heavy atom. The van der Waals surface area contributed by atoms with E-state index >= 15 is 0 Å². The predicted octanol–water partition coefficient (Wildman–Crippen LogP) is 1.46. The largest absolute Gasteiger partial charge is 0.492 e. The molecule has 1 unspecified atom stereocenters. The van der Waals surface area contributed by atoms with E-state index in [1.807, 2.05) is 0 Å². The average Bonchev–Trinajstić information content (AvgIpc) is 2.97. The molecule has 6 nitrogen and oxygen atoms in total. The lowest BCUT2D eigenvalue weighted by molar-refractivity contribution is -0.141. The Bertz CT molecular complexity index is 568. The molecule has 0 aliphatic carbocycles. The number of carbonyl (C=O) groups excluding carboxylic acids is 1. The van der Waals surface area contributed by atoms with Crippen molar-refractivity contribution in [3.63, 3.8) is 0 Å². The summed E-state index contributed by atoms with van der Waals surface area (Å²) in [5, 5.41) is 11.4. The second-order valence-corrected chi connectivity index (χ2v) is 4.93. The number of amides is 2. The van der Waals surface area contributed by atoms with Crippen LogP contribution in [0.2, 0.25) is 0 Å². The third-order valence-electron chi connectivity index (χ3n) is 3.36. The third kappa shape index (κ3) is 4.06. The Morgan fingerprint density at radius 3 is 2.77 bits per heavy atom. The summed E-state index contributed by atoms with van der Waals surface area (Å²) in [5.41, 5.74) is 0. The Hall–Kier alpha value is -2.38. The van der Waals surface area contributed by atoms with Crippen LogP contribution in [-0.2, 0) is 4.79 Å².